The number of fused-ring (bicyclic) bond motifs is 2. The topological polar surface area (TPSA) is 223 Å². The molecule has 0 saturated carbocycles. The van der Waals surface area contributed by atoms with Gasteiger partial charge in [0.25, 0.3) is 17.0 Å². The van der Waals surface area contributed by atoms with E-state index in [2.05, 4.69) is 46.1 Å². The van der Waals surface area contributed by atoms with Crippen LogP contribution < -0.4 is 16.4 Å². The number of carboxylic acids is 1. The summed E-state index contributed by atoms with van der Waals surface area (Å²) in [5.41, 5.74) is 2.13. The minimum atomic E-state index is -4.67. The molecule has 6 aromatic rings. The van der Waals surface area contributed by atoms with Gasteiger partial charge in [0, 0.05) is 243 Å². The molecule has 88 heavy (non-hydrogen) atoms. The fraction of sp³-hybridized carbons (Fsp3) is 0.350. The SMILES string of the molecule is CC1CNCc2nnc(C(F)(F)F)n21.Cc1cc(Cc2ccc(F)c(C(=O)N3Cc4nnc(C(F)(F)F)n4C(C)C3)c2)n[nH]c1=O.Cc1cc(Cc2ccc(F)c(C(=O)O)c2)n[nH]c1=O.S.S=S=S=S=S=S=S=S=S=S=S=S=S=S=S=S=S=S=S=S=S=S. The van der Waals surface area contributed by atoms with Crippen LogP contribution in [0.1, 0.15) is 104 Å². The van der Waals surface area contributed by atoms with Crippen LogP contribution in [0.4, 0.5) is 35.1 Å². The molecule has 4 N–H and O–H groups in total. The molecule has 1 amide bonds. The number of nitrogens with zero attached hydrogens (tertiary/aromatic N) is 9. The van der Waals surface area contributed by atoms with E-state index in [9.17, 15) is 54.3 Å². The number of carboxylic acid groups (broad SMARTS) is 1. The molecule has 0 fully saturated rings. The van der Waals surface area contributed by atoms with Gasteiger partial charge in [-0.25, -0.2) is 23.8 Å². The van der Waals surface area contributed by atoms with Crippen LogP contribution in [0, 0.1) is 25.5 Å². The smallest absolute Gasteiger partial charge is 0.451 e. The largest absolute Gasteiger partial charge is 0.478 e. The molecule has 6 heterocycles. The number of alkyl halides is 6. The quantitative estimate of drug-likeness (QED) is 0.158. The van der Waals surface area contributed by atoms with Crippen molar-refractivity contribution < 1.29 is 49.8 Å². The third-order valence-corrected chi connectivity index (χ3v) is 52.9. The Labute approximate surface area is 568 Å². The molecule has 0 aliphatic carbocycles. The highest BCUT2D eigenvalue weighted by Gasteiger charge is 2.42. The summed E-state index contributed by atoms with van der Waals surface area (Å²) in [6.07, 6.45) is -8.52. The summed E-state index contributed by atoms with van der Waals surface area (Å²) in [6, 6.07) is 10.1. The number of aromatic nitrogens is 10. The van der Waals surface area contributed by atoms with Gasteiger partial charge in [-0.1, -0.05) is 12.1 Å². The Kier molecular flexibility index (Phi) is 35.9. The highest BCUT2D eigenvalue weighted by Crippen LogP contribution is 2.34. The lowest BCUT2D eigenvalue weighted by atomic mass is 10.0. The fourth-order valence-electron chi connectivity index (χ4n) is 7.25. The Bertz CT molecular complexity index is 4550. The summed E-state index contributed by atoms with van der Waals surface area (Å²) in [5.74, 6) is -5.20. The molecule has 2 unspecified atom stereocenters. The van der Waals surface area contributed by atoms with Crippen LogP contribution in [0.5, 0.6) is 0 Å². The van der Waals surface area contributed by atoms with Crippen LogP contribution in [0.3, 0.4) is 0 Å². The summed E-state index contributed by atoms with van der Waals surface area (Å²) in [5, 5.41) is 37.8. The second kappa shape index (κ2) is 40.3. The lowest BCUT2D eigenvalue weighted by Crippen LogP contribution is -2.41. The monoisotopic (exact) mass is 1660 g/mol. The van der Waals surface area contributed by atoms with Crippen LogP contribution in [0.15, 0.2) is 58.1 Å². The lowest BCUT2D eigenvalue weighted by Gasteiger charge is -2.32. The highest BCUT2D eigenvalue weighted by atomic mass is 33.5. The molecule has 48 heteroatoms. The van der Waals surface area contributed by atoms with Crippen molar-refractivity contribution in [2.75, 3.05) is 13.1 Å². The third kappa shape index (κ3) is 26.1. The maximum Gasteiger partial charge on any atom is 0.451 e. The van der Waals surface area contributed by atoms with E-state index in [0.29, 0.717) is 59.0 Å². The van der Waals surface area contributed by atoms with Crippen molar-refractivity contribution in [2.45, 2.75) is 78.1 Å². The Balaban J connectivity index is 0.000000261. The second-order valence-electron chi connectivity index (χ2n) is 16.5. The van der Waals surface area contributed by atoms with Crippen molar-refractivity contribution in [3.63, 3.8) is 0 Å². The van der Waals surface area contributed by atoms with Gasteiger partial charge in [0.2, 0.25) is 11.6 Å². The molecular weight excluding hydrogens is 1620 g/mol. The van der Waals surface area contributed by atoms with Crippen LogP contribution in [-0.4, -0.2) is 84.9 Å². The second-order valence-corrected chi connectivity index (χ2v) is 51.9. The van der Waals surface area contributed by atoms with Gasteiger partial charge in [0.1, 0.15) is 17.5 Å². The van der Waals surface area contributed by atoms with Gasteiger partial charge < -0.3 is 24.5 Å². The van der Waals surface area contributed by atoms with Crippen LogP contribution in [-0.2, 0) is 238 Å². The number of hydrogen-bond donors (Lipinski definition) is 4. The number of hydrogen-bond acceptors (Lipinski definition) is 13. The average molecular weight is 1660 g/mol. The van der Waals surface area contributed by atoms with Gasteiger partial charge in [-0.15, -0.1) is 20.4 Å². The van der Waals surface area contributed by atoms with Crippen LogP contribution in [0.2, 0.25) is 0 Å². The molecular formula is C40H40F8N12O5S23. The number of aryl methyl sites for hydroxylation is 2. The number of carbonyl (C=O) groups excluding carboxylic acids is 1. The van der Waals surface area contributed by atoms with E-state index in [1.54, 1.807) is 193 Å². The fourth-order valence-corrected chi connectivity index (χ4v) is 56.6. The molecule has 2 aromatic carbocycles. The van der Waals surface area contributed by atoms with E-state index in [1.807, 2.05) is 0 Å². The zero-order valence-electron chi connectivity index (χ0n) is 44.1. The molecule has 4 aromatic heterocycles. The molecule has 0 saturated heterocycles. The van der Waals surface area contributed by atoms with Crippen LogP contribution >= 0.6 is 13.5 Å². The van der Waals surface area contributed by atoms with Gasteiger partial charge in [0.15, 0.2) is 5.82 Å². The van der Waals surface area contributed by atoms with Gasteiger partial charge >= 0.3 is 18.3 Å². The Morgan fingerprint density at radius 1 is 0.591 bits per heavy atom. The molecule has 0 bridgehead atoms. The van der Waals surface area contributed by atoms with E-state index in [0.717, 1.165) is 21.3 Å². The zero-order chi connectivity index (χ0) is 63.7. The van der Waals surface area contributed by atoms with E-state index in [1.165, 1.54) is 53.9 Å². The van der Waals surface area contributed by atoms with Crippen molar-refractivity contribution in [3.8, 4) is 0 Å². The lowest BCUT2D eigenvalue weighted by molar-refractivity contribution is -0.149. The molecule has 0 spiro atoms. The third-order valence-electron chi connectivity index (χ3n) is 10.7. The van der Waals surface area contributed by atoms with Crippen molar-refractivity contribution >= 4 is 225 Å². The van der Waals surface area contributed by atoms with Crippen molar-refractivity contribution in [1.82, 2.24) is 60.1 Å². The van der Waals surface area contributed by atoms with Crippen molar-refractivity contribution in [3.05, 3.63) is 149 Å². The number of nitrogens with one attached hydrogen (secondary N) is 3. The Morgan fingerprint density at radius 2 is 0.977 bits per heavy atom. The summed E-state index contributed by atoms with van der Waals surface area (Å²) in [4.78, 5) is 47.7. The minimum absolute atomic E-state index is 0. The van der Waals surface area contributed by atoms with Crippen LogP contribution in [0.25, 0.3) is 0 Å². The number of amides is 1. The Morgan fingerprint density at radius 3 is 1.38 bits per heavy atom. The number of halogens is 8. The van der Waals surface area contributed by atoms with Gasteiger partial charge in [-0.05, 0) is 75.2 Å². The van der Waals surface area contributed by atoms with E-state index in [4.69, 9.17) is 27.5 Å². The number of H-pyrrole nitrogens is 2. The van der Waals surface area contributed by atoms with Gasteiger partial charge in [-0.2, -0.15) is 50.0 Å². The number of benzene rings is 2. The number of aromatic carboxylic acids is 1. The minimum Gasteiger partial charge on any atom is -0.478 e. The van der Waals surface area contributed by atoms with E-state index < -0.39 is 53.6 Å². The van der Waals surface area contributed by atoms with E-state index in [-0.39, 0.29) is 67.1 Å². The molecule has 2 atom stereocenters. The first-order valence-electron chi connectivity index (χ1n) is 22.9. The Hall–Kier alpha value is -1.99. The maximum atomic E-state index is 14.5. The zero-order valence-corrected chi connectivity index (χ0v) is 63.1. The number of aromatic amines is 2. The van der Waals surface area contributed by atoms with Gasteiger partial charge in [0.05, 0.1) is 41.6 Å². The predicted molar refractivity (Wildman–Crippen MR) is 383 cm³/mol. The van der Waals surface area contributed by atoms with Crippen molar-refractivity contribution in [2.24, 2.45) is 0 Å². The van der Waals surface area contributed by atoms with Crippen molar-refractivity contribution in [1.29, 1.82) is 0 Å². The summed E-state index contributed by atoms with van der Waals surface area (Å²) in [7, 11) is 34.5. The first kappa shape index (κ1) is 78.5. The van der Waals surface area contributed by atoms with Gasteiger partial charge in [-0.3, -0.25) is 14.4 Å². The first-order valence-corrected chi connectivity index (χ1v) is 50.9. The first-order chi connectivity index (χ1) is 41.4. The summed E-state index contributed by atoms with van der Waals surface area (Å²) in [6.45, 7) is 7.06. The maximum absolute atomic E-state index is 14.5. The molecule has 2 aliphatic heterocycles. The standard InChI is InChI=1S/C20H18F4N6O2.C13H11FN2O3.C7H9F3N4.S22.H2S/c1-10-5-13(25-27-17(10)31)6-12-3-4-15(21)14(7-12)18(32)29-8-11(2)30-16(9-29)26-28-19(30)20(22,23)24;1-7-4-9(15-16-12(7)17)5-8-2-3-11(14)10(6-8)13(18)19;1-4-2-11-3-5-12-13-6(14(4)5)7(8,9)10;1-3-5-7-9-11-13-15-17-19-21-22-20-18-16-14-12-10-8-6-4-2;/h3-5,7,11H,6,8-9H2,1-2H3,(H,27,31);2-4,6H,5H2,1H3,(H,16,17)(H,18,19);4,11H,2-3H2,1H3;;1H2. The van der Waals surface area contributed by atoms with E-state index >= 15 is 0 Å². The number of rotatable bonds is 6. The summed E-state index contributed by atoms with van der Waals surface area (Å²) >= 11 is 9.53. The normalized spacial score (nSPS) is 13.5. The molecule has 484 valence electrons. The number of carbonyl (C=O) groups is 2. The molecule has 2 aliphatic rings. The molecule has 8 rings (SSSR count). The molecule has 0 radical (unpaired) electrons. The average Bonchev–Trinajstić information content (AvgIpc) is 2.18. The molecule has 17 nitrogen and oxygen atoms in total. The summed E-state index contributed by atoms with van der Waals surface area (Å²) < 4.78 is 107. The highest BCUT2D eigenvalue weighted by molar-refractivity contribution is 8.78. The predicted octanol–water partition coefficient (Wildman–Crippen LogP) is 5.16.